The highest BCUT2D eigenvalue weighted by Gasteiger charge is 2.29. The van der Waals surface area contributed by atoms with Crippen LogP contribution in [0.2, 0.25) is 0 Å². The summed E-state index contributed by atoms with van der Waals surface area (Å²) in [5, 5.41) is 3.20. The smallest absolute Gasteiger partial charge is 0.143 e. The summed E-state index contributed by atoms with van der Waals surface area (Å²) in [5.74, 6) is 3.35. The highest BCUT2D eigenvalue weighted by atomic mass is 127. The van der Waals surface area contributed by atoms with Crippen LogP contribution in [-0.4, -0.2) is 17.0 Å². The lowest BCUT2D eigenvalue weighted by Gasteiger charge is -2.11. The normalized spacial score (nSPS) is 14.2. The Morgan fingerprint density at radius 1 is 1.29 bits per heavy atom. The minimum atomic E-state index is 0.647. The van der Waals surface area contributed by atoms with E-state index < -0.39 is 0 Å². The van der Waals surface area contributed by atoms with Gasteiger partial charge in [-0.25, -0.2) is 9.97 Å². The zero-order chi connectivity index (χ0) is 14.8. The Bertz CT molecular complexity index is 656. The molecule has 3 rings (SSSR count). The minimum absolute atomic E-state index is 0.647. The van der Waals surface area contributed by atoms with E-state index in [2.05, 4.69) is 64.1 Å². The molecule has 1 aliphatic rings. The summed E-state index contributed by atoms with van der Waals surface area (Å²) in [5.41, 5.74) is 2.54. The second-order valence-corrected chi connectivity index (χ2v) is 7.36. The Balaban J connectivity index is 1.82. The van der Waals surface area contributed by atoms with Gasteiger partial charge in [0.25, 0.3) is 0 Å². The molecule has 0 aliphatic heterocycles. The van der Waals surface area contributed by atoms with Crippen molar-refractivity contribution in [2.24, 2.45) is 0 Å². The number of hydrogen-bond donors (Lipinski definition) is 1. The predicted octanol–water partition coefficient (Wildman–Crippen LogP) is 4.60. The van der Waals surface area contributed by atoms with E-state index in [9.17, 15) is 0 Å². The van der Waals surface area contributed by atoms with Crippen LogP contribution in [0.15, 0.2) is 29.2 Å². The van der Waals surface area contributed by atoms with E-state index in [4.69, 9.17) is 4.98 Å². The molecule has 1 heterocycles. The van der Waals surface area contributed by atoms with Crippen LogP contribution >= 0.6 is 34.4 Å². The summed E-state index contributed by atoms with van der Waals surface area (Å²) in [4.78, 5) is 10.8. The highest BCUT2D eigenvalue weighted by Crippen LogP contribution is 2.42. The molecule has 110 valence electrons. The number of thioether (sulfide) groups is 1. The first-order valence-electron chi connectivity index (χ1n) is 7.11. The molecule has 0 radical (unpaired) electrons. The Morgan fingerprint density at radius 2 is 2.05 bits per heavy atom. The zero-order valence-electron chi connectivity index (χ0n) is 12.2. The number of nitrogens with one attached hydrogen (secondary N) is 1. The Labute approximate surface area is 143 Å². The fourth-order valence-electron chi connectivity index (χ4n) is 2.23. The summed E-state index contributed by atoms with van der Waals surface area (Å²) in [7, 11) is 1.93. The van der Waals surface area contributed by atoms with Crippen LogP contribution in [0.3, 0.4) is 0 Å². The summed E-state index contributed by atoms with van der Waals surface area (Å²) in [6, 6.07) is 8.46. The third kappa shape index (κ3) is 3.51. The molecule has 1 N–H and O–H groups in total. The molecule has 1 aromatic carbocycles. The van der Waals surface area contributed by atoms with Gasteiger partial charge in [0.1, 0.15) is 11.6 Å². The second kappa shape index (κ2) is 6.52. The van der Waals surface area contributed by atoms with Gasteiger partial charge in [-0.15, -0.1) is 11.8 Å². The van der Waals surface area contributed by atoms with Gasteiger partial charge in [0, 0.05) is 17.9 Å². The Hall–Kier alpha value is -0.820. The van der Waals surface area contributed by atoms with Crippen LogP contribution in [-0.2, 0) is 5.75 Å². The molecule has 3 nitrogen and oxygen atoms in total. The molecular formula is C16H18IN3S. The third-order valence-electron chi connectivity index (χ3n) is 3.57. The first kappa shape index (κ1) is 15.1. The maximum Gasteiger partial charge on any atom is 0.143 e. The average molecular weight is 411 g/mol. The molecule has 1 saturated carbocycles. The average Bonchev–Trinajstić information content (AvgIpc) is 3.32. The van der Waals surface area contributed by atoms with Crippen molar-refractivity contribution >= 4 is 40.2 Å². The lowest BCUT2D eigenvalue weighted by molar-refractivity contribution is 0.920. The van der Waals surface area contributed by atoms with Gasteiger partial charge in [-0.05, 0) is 54.0 Å². The molecule has 0 unspecified atom stereocenters. The van der Waals surface area contributed by atoms with Gasteiger partial charge >= 0.3 is 0 Å². The monoisotopic (exact) mass is 411 g/mol. The van der Waals surface area contributed by atoms with Crippen LogP contribution in [0.25, 0.3) is 0 Å². The van der Waals surface area contributed by atoms with Crippen molar-refractivity contribution in [3.63, 3.8) is 0 Å². The molecule has 5 heteroatoms. The Morgan fingerprint density at radius 3 is 2.71 bits per heavy atom. The van der Waals surface area contributed by atoms with Crippen LogP contribution < -0.4 is 5.32 Å². The minimum Gasteiger partial charge on any atom is -0.372 e. The highest BCUT2D eigenvalue weighted by molar-refractivity contribution is 14.1. The maximum atomic E-state index is 4.81. The number of nitrogens with zero attached hydrogens (tertiary/aromatic N) is 2. The SMILES string of the molecule is CNc1nc(CSc2ccccc2C)nc(C2CC2)c1I. The zero-order valence-corrected chi connectivity index (χ0v) is 15.2. The van der Waals surface area contributed by atoms with E-state index in [0.29, 0.717) is 5.92 Å². The fourth-order valence-corrected chi connectivity index (χ4v) is 4.07. The van der Waals surface area contributed by atoms with Gasteiger partial charge in [-0.2, -0.15) is 0 Å². The number of aromatic nitrogens is 2. The summed E-state index contributed by atoms with van der Waals surface area (Å²) < 4.78 is 1.18. The maximum absolute atomic E-state index is 4.81. The number of benzene rings is 1. The lowest BCUT2D eigenvalue weighted by Crippen LogP contribution is -2.06. The molecule has 21 heavy (non-hydrogen) atoms. The Kier molecular flexibility index (Phi) is 4.69. The number of aryl methyl sites for hydroxylation is 1. The number of halogens is 1. The lowest BCUT2D eigenvalue weighted by atomic mass is 10.2. The van der Waals surface area contributed by atoms with Gasteiger partial charge in [0.05, 0.1) is 15.0 Å². The second-order valence-electron chi connectivity index (χ2n) is 5.27. The van der Waals surface area contributed by atoms with Crippen LogP contribution in [0, 0.1) is 10.5 Å². The van der Waals surface area contributed by atoms with E-state index in [-0.39, 0.29) is 0 Å². The van der Waals surface area contributed by atoms with Crippen molar-refractivity contribution in [3.05, 3.63) is 44.9 Å². The topological polar surface area (TPSA) is 37.8 Å². The van der Waals surface area contributed by atoms with Crippen molar-refractivity contribution in [3.8, 4) is 0 Å². The fraction of sp³-hybridized carbons (Fsp3) is 0.375. The van der Waals surface area contributed by atoms with Gasteiger partial charge in [-0.1, -0.05) is 18.2 Å². The van der Waals surface area contributed by atoms with Crippen LogP contribution in [0.4, 0.5) is 5.82 Å². The molecular weight excluding hydrogens is 393 g/mol. The van der Waals surface area contributed by atoms with E-state index in [1.807, 2.05) is 18.8 Å². The van der Waals surface area contributed by atoms with E-state index in [1.54, 1.807) is 0 Å². The van der Waals surface area contributed by atoms with Crippen LogP contribution in [0.5, 0.6) is 0 Å². The standard InChI is InChI=1S/C16H18IN3S/c1-10-5-3-4-6-12(10)21-9-13-19-15(11-7-8-11)14(17)16(18-2)20-13/h3-6,11H,7-9H2,1-2H3,(H,18,19,20). The summed E-state index contributed by atoms with van der Waals surface area (Å²) >= 11 is 4.17. The molecule has 0 atom stereocenters. The summed E-state index contributed by atoms with van der Waals surface area (Å²) in [6.07, 6.45) is 2.53. The predicted molar refractivity (Wildman–Crippen MR) is 97.0 cm³/mol. The van der Waals surface area contributed by atoms with Crippen molar-refractivity contribution in [1.29, 1.82) is 0 Å². The summed E-state index contributed by atoms with van der Waals surface area (Å²) in [6.45, 7) is 2.14. The molecule has 1 aliphatic carbocycles. The number of hydrogen-bond acceptors (Lipinski definition) is 4. The van der Waals surface area contributed by atoms with Gasteiger partial charge < -0.3 is 5.32 Å². The van der Waals surface area contributed by atoms with Crippen molar-refractivity contribution in [2.45, 2.75) is 36.3 Å². The molecule has 2 aromatic rings. The molecule has 0 bridgehead atoms. The number of anilines is 1. The molecule has 0 amide bonds. The van der Waals surface area contributed by atoms with Gasteiger partial charge in [0.15, 0.2) is 0 Å². The molecule has 1 fully saturated rings. The largest absolute Gasteiger partial charge is 0.372 e. The third-order valence-corrected chi connectivity index (χ3v) is 5.81. The first-order chi connectivity index (χ1) is 10.2. The number of rotatable bonds is 5. The molecule has 0 spiro atoms. The first-order valence-corrected chi connectivity index (χ1v) is 9.18. The molecule has 1 aromatic heterocycles. The van der Waals surface area contributed by atoms with Crippen LogP contribution in [0.1, 0.15) is 35.8 Å². The van der Waals surface area contributed by atoms with Crippen molar-refractivity contribution in [2.75, 3.05) is 12.4 Å². The quantitative estimate of drug-likeness (QED) is 0.577. The van der Waals surface area contributed by atoms with Crippen molar-refractivity contribution in [1.82, 2.24) is 9.97 Å². The van der Waals surface area contributed by atoms with Crippen molar-refractivity contribution < 1.29 is 0 Å². The van der Waals surface area contributed by atoms with Gasteiger partial charge in [0.2, 0.25) is 0 Å². The van der Waals surface area contributed by atoms with E-state index >= 15 is 0 Å². The van der Waals surface area contributed by atoms with E-state index in [0.717, 1.165) is 17.4 Å². The van der Waals surface area contributed by atoms with Gasteiger partial charge in [-0.3, -0.25) is 0 Å². The van der Waals surface area contributed by atoms with E-state index in [1.165, 1.54) is 32.6 Å². The molecule has 0 saturated heterocycles.